The average molecular weight is 297 g/mol. The van der Waals surface area contributed by atoms with Gasteiger partial charge in [-0.05, 0) is 24.1 Å². The van der Waals surface area contributed by atoms with Crippen LogP contribution in [-0.2, 0) is 17.9 Å². The van der Waals surface area contributed by atoms with E-state index in [1.54, 1.807) is 23.1 Å². The number of carbonyl (C=O) groups is 1. The highest BCUT2D eigenvalue weighted by Crippen LogP contribution is 2.09. The van der Waals surface area contributed by atoms with Crippen molar-refractivity contribution < 1.29 is 4.79 Å². The van der Waals surface area contributed by atoms with Gasteiger partial charge in [-0.15, -0.1) is 0 Å². The fourth-order valence-electron chi connectivity index (χ4n) is 2.18. The zero-order valence-corrected chi connectivity index (χ0v) is 12.6. The molecule has 1 aromatic carbocycles. The van der Waals surface area contributed by atoms with Crippen molar-refractivity contribution in [1.82, 2.24) is 19.7 Å². The first-order valence-electron chi connectivity index (χ1n) is 7.32. The molecule has 22 heavy (non-hydrogen) atoms. The molecule has 6 nitrogen and oxygen atoms in total. The van der Waals surface area contributed by atoms with Crippen LogP contribution in [0.5, 0.6) is 0 Å². The first kappa shape index (κ1) is 15.7. The van der Waals surface area contributed by atoms with Crippen molar-refractivity contribution in [3.8, 4) is 6.07 Å². The minimum atomic E-state index is 0.0988. The van der Waals surface area contributed by atoms with Crippen LogP contribution in [-0.4, -0.2) is 32.1 Å². The van der Waals surface area contributed by atoms with Gasteiger partial charge in [0.05, 0.1) is 18.2 Å². The molecular formula is C16H19N5O. The Morgan fingerprint density at radius 2 is 2.14 bits per heavy atom. The number of hydrogen-bond acceptors (Lipinski definition) is 4. The second-order valence-corrected chi connectivity index (χ2v) is 5.03. The van der Waals surface area contributed by atoms with Crippen LogP contribution in [0, 0.1) is 11.3 Å². The lowest BCUT2D eigenvalue weighted by Gasteiger charge is -2.22. The lowest BCUT2D eigenvalue weighted by atomic mass is 10.1. The van der Waals surface area contributed by atoms with Crippen molar-refractivity contribution in [3.05, 3.63) is 48.0 Å². The van der Waals surface area contributed by atoms with Crippen LogP contribution >= 0.6 is 0 Å². The summed E-state index contributed by atoms with van der Waals surface area (Å²) in [5, 5.41) is 12.8. The molecule has 0 N–H and O–H groups in total. The van der Waals surface area contributed by atoms with Gasteiger partial charge in [0.15, 0.2) is 0 Å². The molecule has 2 aromatic rings. The highest BCUT2D eigenvalue weighted by molar-refractivity contribution is 5.76. The third kappa shape index (κ3) is 4.42. The van der Waals surface area contributed by atoms with Gasteiger partial charge < -0.3 is 4.90 Å². The molecule has 0 unspecified atom stereocenters. The molecule has 1 aromatic heterocycles. The van der Waals surface area contributed by atoms with Crippen molar-refractivity contribution in [2.24, 2.45) is 0 Å². The Bertz CT molecular complexity index is 628. The molecule has 1 amide bonds. The number of hydrogen-bond donors (Lipinski definition) is 0. The molecule has 0 aliphatic rings. The molecule has 0 aliphatic heterocycles. The third-order valence-corrected chi connectivity index (χ3v) is 3.32. The zero-order chi connectivity index (χ0) is 15.8. The maximum Gasteiger partial charge on any atom is 0.224 e. The van der Waals surface area contributed by atoms with Gasteiger partial charge in [-0.1, -0.05) is 19.1 Å². The van der Waals surface area contributed by atoms with Gasteiger partial charge in [-0.25, -0.2) is 4.98 Å². The summed E-state index contributed by atoms with van der Waals surface area (Å²) in [6, 6.07) is 9.44. The van der Waals surface area contributed by atoms with Crippen LogP contribution in [0.3, 0.4) is 0 Å². The van der Waals surface area contributed by atoms with Crippen molar-refractivity contribution in [2.75, 3.05) is 6.54 Å². The fraction of sp³-hybridized carbons (Fsp3) is 0.375. The lowest BCUT2D eigenvalue weighted by molar-refractivity contribution is -0.132. The largest absolute Gasteiger partial charge is 0.338 e. The molecule has 0 radical (unpaired) electrons. The molecule has 0 aliphatic carbocycles. The minimum absolute atomic E-state index is 0.0988. The van der Waals surface area contributed by atoms with Crippen LogP contribution in [0.2, 0.25) is 0 Å². The summed E-state index contributed by atoms with van der Waals surface area (Å²) in [6.45, 7) is 3.87. The third-order valence-electron chi connectivity index (χ3n) is 3.32. The Labute approximate surface area is 130 Å². The zero-order valence-electron chi connectivity index (χ0n) is 12.6. The first-order chi connectivity index (χ1) is 10.7. The predicted octanol–water partition coefficient (Wildman–Crippen LogP) is 1.98. The van der Waals surface area contributed by atoms with E-state index in [0.717, 1.165) is 18.5 Å². The van der Waals surface area contributed by atoms with Gasteiger partial charge in [0.1, 0.15) is 12.7 Å². The lowest BCUT2D eigenvalue weighted by Crippen LogP contribution is -2.32. The van der Waals surface area contributed by atoms with E-state index in [9.17, 15) is 4.79 Å². The summed E-state index contributed by atoms with van der Waals surface area (Å²) in [7, 11) is 0. The predicted molar refractivity (Wildman–Crippen MR) is 81.5 cm³/mol. The van der Waals surface area contributed by atoms with E-state index in [0.29, 0.717) is 25.1 Å². The molecule has 0 spiro atoms. The van der Waals surface area contributed by atoms with Crippen LogP contribution in [0.15, 0.2) is 36.9 Å². The molecule has 114 valence electrons. The van der Waals surface area contributed by atoms with E-state index >= 15 is 0 Å². The van der Waals surface area contributed by atoms with Gasteiger partial charge in [0.25, 0.3) is 0 Å². The molecule has 0 atom stereocenters. The molecule has 0 saturated heterocycles. The molecule has 6 heteroatoms. The van der Waals surface area contributed by atoms with E-state index in [1.807, 2.05) is 17.0 Å². The Hall–Kier alpha value is -2.68. The number of nitriles is 1. The number of amides is 1. The van der Waals surface area contributed by atoms with Gasteiger partial charge in [-0.3, -0.25) is 9.48 Å². The SMILES string of the molecule is CCCN(Cc1ccc(C#N)cc1)C(=O)CCn1cncn1. The molecule has 2 rings (SSSR count). The van der Waals surface area contributed by atoms with Gasteiger partial charge in [-0.2, -0.15) is 10.4 Å². The second kappa shape index (κ2) is 7.93. The van der Waals surface area contributed by atoms with Crippen LogP contribution in [0.1, 0.15) is 30.9 Å². The summed E-state index contributed by atoms with van der Waals surface area (Å²) >= 11 is 0. The van der Waals surface area contributed by atoms with Crippen molar-refractivity contribution in [1.29, 1.82) is 5.26 Å². The Morgan fingerprint density at radius 1 is 1.36 bits per heavy atom. The molecule has 0 fully saturated rings. The van der Waals surface area contributed by atoms with E-state index in [-0.39, 0.29) is 5.91 Å². The average Bonchev–Trinajstić information content (AvgIpc) is 3.06. The molecule has 0 bridgehead atoms. The van der Waals surface area contributed by atoms with E-state index in [4.69, 9.17) is 5.26 Å². The maximum absolute atomic E-state index is 12.4. The number of aryl methyl sites for hydroxylation is 1. The van der Waals surface area contributed by atoms with Gasteiger partial charge in [0, 0.05) is 19.5 Å². The Morgan fingerprint density at radius 3 is 2.73 bits per heavy atom. The number of carbonyl (C=O) groups excluding carboxylic acids is 1. The highest BCUT2D eigenvalue weighted by atomic mass is 16.2. The topological polar surface area (TPSA) is 74.8 Å². The minimum Gasteiger partial charge on any atom is -0.338 e. The summed E-state index contributed by atoms with van der Waals surface area (Å²) in [5.74, 6) is 0.0988. The van der Waals surface area contributed by atoms with Gasteiger partial charge in [0.2, 0.25) is 5.91 Å². The monoisotopic (exact) mass is 297 g/mol. The molecular weight excluding hydrogens is 278 g/mol. The number of aromatic nitrogens is 3. The van der Waals surface area contributed by atoms with Crippen LogP contribution in [0.25, 0.3) is 0 Å². The fourth-order valence-corrected chi connectivity index (χ4v) is 2.18. The Balaban J connectivity index is 1.95. The Kier molecular flexibility index (Phi) is 5.66. The summed E-state index contributed by atoms with van der Waals surface area (Å²) in [4.78, 5) is 18.1. The smallest absolute Gasteiger partial charge is 0.224 e. The summed E-state index contributed by atoms with van der Waals surface area (Å²) < 4.78 is 1.66. The normalized spacial score (nSPS) is 10.2. The highest BCUT2D eigenvalue weighted by Gasteiger charge is 2.13. The molecule has 0 saturated carbocycles. The van der Waals surface area contributed by atoms with E-state index in [2.05, 4.69) is 23.1 Å². The summed E-state index contributed by atoms with van der Waals surface area (Å²) in [6.07, 6.45) is 4.38. The second-order valence-electron chi connectivity index (χ2n) is 5.03. The van der Waals surface area contributed by atoms with Crippen molar-refractivity contribution in [3.63, 3.8) is 0 Å². The number of nitrogens with zero attached hydrogens (tertiary/aromatic N) is 5. The number of benzene rings is 1. The van der Waals surface area contributed by atoms with Crippen molar-refractivity contribution in [2.45, 2.75) is 32.9 Å². The van der Waals surface area contributed by atoms with Crippen molar-refractivity contribution >= 4 is 5.91 Å². The maximum atomic E-state index is 12.4. The summed E-state index contributed by atoms with van der Waals surface area (Å²) in [5.41, 5.74) is 1.66. The van der Waals surface area contributed by atoms with Crippen LogP contribution in [0.4, 0.5) is 0 Å². The first-order valence-corrected chi connectivity index (χ1v) is 7.32. The quantitative estimate of drug-likeness (QED) is 0.783. The standard InChI is InChI=1S/C16H19N5O/c1-2-8-20(11-15-5-3-14(10-17)4-6-15)16(22)7-9-21-13-18-12-19-21/h3-6,12-13H,2,7-9,11H2,1H3. The van der Waals surface area contributed by atoms with Gasteiger partial charge >= 0.3 is 0 Å². The molecule has 1 heterocycles. The van der Waals surface area contributed by atoms with E-state index in [1.165, 1.54) is 6.33 Å². The van der Waals surface area contributed by atoms with Crippen LogP contribution < -0.4 is 0 Å². The number of rotatable bonds is 7. The van der Waals surface area contributed by atoms with E-state index < -0.39 is 0 Å².